The second-order valence-electron chi connectivity index (χ2n) is 4.32. The monoisotopic (exact) mass is 404 g/mol. The lowest BCUT2D eigenvalue weighted by Gasteiger charge is -2.15. The van der Waals surface area contributed by atoms with E-state index in [9.17, 15) is 4.39 Å². The van der Waals surface area contributed by atoms with Gasteiger partial charge in [0.05, 0.1) is 5.02 Å². The smallest absolute Gasteiger partial charge is 0.144 e. The molecule has 100 valence electrons. The van der Waals surface area contributed by atoms with Crippen LogP contribution in [0.2, 0.25) is 5.02 Å². The highest BCUT2D eigenvalue weighted by Crippen LogP contribution is 2.27. The normalized spacial score (nSPS) is 12.4. The molecule has 0 amide bonds. The predicted octanol–water partition coefficient (Wildman–Crippen LogP) is 5.96. The summed E-state index contributed by atoms with van der Waals surface area (Å²) in [6, 6.07) is 13.3. The molecule has 0 saturated carbocycles. The molecule has 0 spiro atoms. The number of rotatable bonds is 4. The molecule has 2 aromatic rings. The molecule has 0 saturated heterocycles. The predicted molar refractivity (Wildman–Crippen MR) is 85.8 cm³/mol. The van der Waals surface area contributed by atoms with Gasteiger partial charge in [-0.1, -0.05) is 67.7 Å². The van der Waals surface area contributed by atoms with E-state index in [2.05, 4.69) is 44.0 Å². The third-order valence-corrected chi connectivity index (χ3v) is 4.63. The lowest BCUT2D eigenvalue weighted by Crippen LogP contribution is -2.06. The van der Waals surface area contributed by atoms with Crippen LogP contribution in [0.5, 0.6) is 0 Å². The van der Waals surface area contributed by atoms with E-state index in [0.29, 0.717) is 12.0 Å². The van der Waals surface area contributed by atoms with E-state index >= 15 is 0 Å². The maximum Gasteiger partial charge on any atom is 0.144 e. The Hall–Kier alpha value is -0.380. The quantitative estimate of drug-likeness (QED) is 0.550. The second-order valence-corrected chi connectivity index (χ2v) is 6.29. The summed E-state index contributed by atoms with van der Waals surface area (Å²) in [7, 11) is 0. The van der Waals surface area contributed by atoms with Crippen molar-refractivity contribution in [3.63, 3.8) is 0 Å². The first-order chi connectivity index (χ1) is 9.11. The molecular weight excluding hydrogens is 394 g/mol. The molecule has 0 aliphatic rings. The number of alkyl halides is 1. The van der Waals surface area contributed by atoms with Crippen LogP contribution in [0.25, 0.3) is 0 Å². The van der Waals surface area contributed by atoms with Crippen molar-refractivity contribution in [2.75, 3.05) is 5.33 Å². The van der Waals surface area contributed by atoms with Crippen molar-refractivity contribution < 1.29 is 4.39 Å². The molecular formula is C15H12Br2ClF. The molecule has 0 fully saturated rings. The largest absolute Gasteiger partial charge is 0.205 e. The highest BCUT2D eigenvalue weighted by atomic mass is 79.9. The van der Waals surface area contributed by atoms with Crippen LogP contribution in [0.3, 0.4) is 0 Å². The summed E-state index contributed by atoms with van der Waals surface area (Å²) in [6.07, 6.45) is 0.624. The Bertz CT molecular complexity index is 555. The van der Waals surface area contributed by atoms with Crippen molar-refractivity contribution in [1.82, 2.24) is 0 Å². The first-order valence-electron chi connectivity index (χ1n) is 5.86. The van der Waals surface area contributed by atoms with Gasteiger partial charge < -0.3 is 0 Å². The number of hydrogen-bond donors (Lipinski definition) is 0. The summed E-state index contributed by atoms with van der Waals surface area (Å²) in [6.45, 7) is 0. The highest BCUT2D eigenvalue weighted by molar-refractivity contribution is 9.10. The standard InChI is InChI=1S/C15H12Br2ClF/c16-9-12(10-4-6-13(17)7-5-10)8-11-2-1-3-14(18)15(11)19/h1-7,12H,8-9H2. The average Bonchev–Trinajstić information content (AvgIpc) is 2.42. The minimum absolute atomic E-state index is 0.182. The van der Waals surface area contributed by atoms with E-state index in [1.54, 1.807) is 18.2 Å². The van der Waals surface area contributed by atoms with Gasteiger partial charge in [-0.25, -0.2) is 4.39 Å². The molecule has 0 N–H and O–H groups in total. The molecule has 0 radical (unpaired) electrons. The van der Waals surface area contributed by atoms with Gasteiger partial charge in [-0.2, -0.15) is 0 Å². The maximum atomic E-state index is 13.9. The van der Waals surface area contributed by atoms with Crippen LogP contribution < -0.4 is 0 Å². The molecule has 19 heavy (non-hydrogen) atoms. The van der Waals surface area contributed by atoms with Gasteiger partial charge >= 0.3 is 0 Å². The Morgan fingerprint density at radius 1 is 1.11 bits per heavy atom. The van der Waals surface area contributed by atoms with Gasteiger partial charge in [-0.3, -0.25) is 0 Å². The zero-order chi connectivity index (χ0) is 13.8. The van der Waals surface area contributed by atoms with Crippen LogP contribution >= 0.6 is 43.5 Å². The van der Waals surface area contributed by atoms with Crippen LogP contribution in [0, 0.1) is 5.82 Å². The third-order valence-electron chi connectivity index (χ3n) is 3.03. The van der Waals surface area contributed by atoms with E-state index in [4.69, 9.17) is 11.6 Å². The molecule has 0 heterocycles. The van der Waals surface area contributed by atoms with Gasteiger partial charge in [0.1, 0.15) is 5.82 Å². The lowest BCUT2D eigenvalue weighted by molar-refractivity contribution is 0.600. The summed E-state index contributed by atoms with van der Waals surface area (Å²) in [5.74, 6) is -0.0895. The zero-order valence-corrected chi connectivity index (χ0v) is 14.0. The SMILES string of the molecule is Fc1c(Cl)cccc1CC(CBr)c1ccc(Br)cc1. The van der Waals surface area contributed by atoms with Crippen molar-refractivity contribution >= 4 is 43.5 Å². The fourth-order valence-electron chi connectivity index (χ4n) is 1.97. The van der Waals surface area contributed by atoms with Crippen LogP contribution in [0.15, 0.2) is 46.9 Å². The molecule has 0 aliphatic heterocycles. The topological polar surface area (TPSA) is 0 Å². The second kappa shape index (κ2) is 6.87. The summed E-state index contributed by atoms with van der Waals surface area (Å²) in [5, 5.41) is 0.960. The van der Waals surface area contributed by atoms with Crippen molar-refractivity contribution in [1.29, 1.82) is 0 Å². The van der Waals surface area contributed by atoms with Crippen LogP contribution in [-0.2, 0) is 6.42 Å². The Morgan fingerprint density at radius 2 is 1.79 bits per heavy atom. The van der Waals surface area contributed by atoms with Crippen molar-refractivity contribution in [3.8, 4) is 0 Å². The van der Waals surface area contributed by atoms with Gasteiger partial charge in [0.25, 0.3) is 0 Å². The van der Waals surface area contributed by atoms with Crippen molar-refractivity contribution in [2.24, 2.45) is 0 Å². The summed E-state index contributed by atoms with van der Waals surface area (Å²) < 4.78 is 15.0. The van der Waals surface area contributed by atoms with E-state index in [1.807, 2.05) is 12.1 Å². The Balaban J connectivity index is 2.24. The van der Waals surface area contributed by atoms with E-state index < -0.39 is 0 Å². The summed E-state index contributed by atoms with van der Waals surface area (Å²) in [4.78, 5) is 0. The number of halogens is 4. The van der Waals surface area contributed by atoms with E-state index in [-0.39, 0.29) is 16.8 Å². The van der Waals surface area contributed by atoms with Crippen molar-refractivity contribution in [2.45, 2.75) is 12.3 Å². The van der Waals surface area contributed by atoms with E-state index in [1.165, 1.54) is 5.56 Å². The van der Waals surface area contributed by atoms with Gasteiger partial charge in [0.2, 0.25) is 0 Å². The molecule has 4 heteroatoms. The molecule has 2 rings (SSSR count). The Kier molecular flexibility index (Phi) is 5.43. The first kappa shape index (κ1) is 15.0. The summed E-state index contributed by atoms with van der Waals surface area (Å²) >= 11 is 12.7. The third kappa shape index (κ3) is 3.80. The molecule has 1 unspecified atom stereocenters. The summed E-state index contributed by atoms with van der Waals surface area (Å²) in [5.41, 5.74) is 1.83. The van der Waals surface area contributed by atoms with Gasteiger partial charge in [-0.05, 0) is 41.7 Å². The van der Waals surface area contributed by atoms with Gasteiger partial charge in [0, 0.05) is 9.80 Å². The first-order valence-corrected chi connectivity index (χ1v) is 8.15. The van der Waals surface area contributed by atoms with E-state index in [0.717, 1.165) is 9.80 Å². The van der Waals surface area contributed by atoms with Crippen LogP contribution in [-0.4, -0.2) is 5.33 Å². The molecule has 0 aromatic heterocycles. The van der Waals surface area contributed by atoms with Gasteiger partial charge in [0.15, 0.2) is 0 Å². The lowest BCUT2D eigenvalue weighted by atomic mass is 9.93. The average molecular weight is 407 g/mol. The molecule has 0 nitrogen and oxygen atoms in total. The molecule has 1 atom stereocenters. The molecule has 0 aliphatic carbocycles. The Morgan fingerprint density at radius 3 is 2.42 bits per heavy atom. The van der Waals surface area contributed by atoms with Crippen LogP contribution in [0.1, 0.15) is 17.0 Å². The molecule has 0 bridgehead atoms. The fraction of sp³-hybridized carbons (Fsp3) is 0.200. The number of benzene rings is 2. The van der Waals surface area contributed by atoms with Crippen LogP contribution in [0.4, 0.5) is 4.39 Å². The minimum Gasteiger partial charge on any atom is -0.205 e. The van der Waals surface area contributed by atoms with Gasteiger partial charge in [-0.15, -0.1) is 0 Å². The zero-order valence-electron chi connectivity index (χ0n) is 10.0. The number of hydrogen-bond acceptors (Lipinski definition) is 0. The Labute approximate surface area is 134 Å². The highest BCUT2D eigenvalue weighted by Gasteiger charge is 2.15. The maximum absolute atomic E-state index is 13.9. The van der Waals surface area contributed by atoms with Crippen molar-refractivity contribution in [3.05, 3.63) is 68.9 Å². The molecule has 2 aromatic carbocycles. The fourth-order valence-corrected chi connectivity index (χ4v) is 3.03. The minimum atomic E-state index is -0.313.